The minimum atomic E-state index is -1.06. The molecular weight excluding hydrogens is 204 g/mol. The lowest BCUT2D eigenvalue weighted by Crippen LogP contribution is -2.27. The van der Waals surface area contributed by atoms with Gasteiger partial charge < -0.3 is 9.84 Å². The topological polar surface area (TPSA) is 46.5 Å². The summed E-state index contributed by atoms with van der Waals surface area (Å²) in [7, 11) is 1.59. The first-order valence-corrected chi connectivity index (χ1v) is 5.38. The molecule has 1 aromatic carbocycles. The van der Waals surface area contributed by atoms with Crippen molar-refractivity contribution >= 4 is 5.78 Å². The molecule has 0 radical (unpaired) electrons. The lowest BCUT2D eigenvalue weighted by molar-refractivity contribution is -0.122. The number of ether oxygens (including phenoxy) is 1. The van der Waals surface area contributed by atoms with Gasteiger partial charge in [0.15, 0.2) is 0 Å². The molecule has 0 spiro atoms. The van der Waals surface area contributed by atoms with Crippen LogP contribution in [0.25, 0.3) is 0 Å². The van der Waals surface area contributed by atoms with Gasteiger partial charge in [-0.25, -0.2) is 0 Å². The van der Waals surface area contributed by atoms with Gasteiger partial charge >= 0.3 is 0 Å². The van der Waals surface area contributed by atoms with Gasteiger partial charge in [0, 0.05) is 6.42 Å². The van der Waals surface area contributed by atoms with Gasteiger partial charge in [-0.05, 0) is 31.0 Å². The summed E-state index contributed by atoms with van der Waals surface area (Å²) >= 11 is 0. The molecule has 0 amide bonds. The van der Waals surface area contributed by atoms with E-state index in [9.17, 15) is 9.90 Å². The zero-order valence-electron chi connectivity index (χ0n) is 9.99. The standard InChI is InChI=1S/C13H18O3/c1-4-13(15,9-10(2)14)11-5-7-12(16-3)8-6-11/h5-8,15H,4,9H2,1-3H3/t13-/m1/s1. The average molecular weight is 222 g/mol. The van der Waals surface area contributed by atoms with Crippen molar-refractivity contribution in [1.29, 1.82) is 0 Å². The maximum Gasteiger partial charge on any atom is 0.133 e. The molecule has 3 nitrogen and oxygen atoms in total. The maximum absolute atomic E-state index is 11.1. The number of benzene rings is 1. The van der Waals surface area contributed by atoms with Crippen molar-refractivity contribution < 1.29 is 14.6 Å². The normalized spacial score (nSPS) is 14.2. The van der Waals surface area contributed by atoms with Crippen LogP contribution in [-0.2, 0) is 10.4 Å². The highest BCUT2D eigenvalue weighted by Gasteiger charge is 2.28. The summed E-state index contributed by atoms with van der Waals surface area (Å²) in [5.41, 5.74) is -0.302. The molecule has 16 heavy (non-hydrogen) atoms. The number of methoxy groups -OCH3 is 1. The van der Waals surface area contributed by atoms with Gasteiger partial charge in [0.2, 0.25) is 0 Å². The third-order valence-electron chi connectivity index (χ3n) is 2.75. The molecule has 1 N–H and O–H groups in total. The first-order valence-electron chi connectivity index (χ1n) is 5.38. The van der Waals surface area contributed by atoms with Crippen molar-refractivity contribution in [1.82, 2.24) is 0 Å². The van der Waals surface area contributed by atoms with Crippen molar-refractivity contribution in [2.75, 3.05) is 7.11 Å². The maximum atomic E-state index is 11.1. The quantitative estimate of drug-likeness (QED) is 0.831. The van der Waals surface area contributed by atoms with Crippen LogP contribution in [-0.4, -0.2) is 18.0 Å². The van der Waals surface area contributed by atoms with Gasteiger partial charge in [0.1, 0.15) is 11.5 Å². The Morgan fingerprint density at radius 3 is 2.31 bits per heavy atom. The van der Waals surface area contributed by atoms with Crippen molar-refractivity contribution in [2.24, 2.45) is 0 Å². The molecule has 0 saturated heterocycles. The fourth-order valence-corrected chi connectivity index (χ4v) is 1.74. The van der Waals surface area contributed by atoms with E-state index < -0.39 is 5.60 Å². The van der Waals surface area contributed by atoms with E-state index in [1.54, 1.807) is 31.4 Å². The largest absolute Gasteiger partial charge is 0.497 e. The third kappa shape index (κ3) is 2.83. The molecule has 0 fully saturated rings. The first kappa shape index (κ1) is 12.7. The predicted molar refractivity (Wildman–Crippen MR) is 62.5 cm³/mol. The molecule has 1 aromatic rings. The Balaban J connectivity index is 2.98. The van der Waals surface area contributed by atoms with Crippen molar-refractivity contribution in [2.45, 2.75) is 32.3 Å². The Bertz CT molecular complexity index is 356. The molecule has 1 atom stereocenters. The first-order chi connectivity index (χ1) is 7.51. The Morgan fingerprint density at radius 2 is 1.94 bits per heavy atom. The zero-order chi connectivity index (χ0) is 12.2. The van der Waals surface area contributed by atoms with Crippen LogP contribution in [0.1, 0.15) is 32.3 Å². The Labute approximate surface area is 96.1 Å². The number of hydrogen-bond acceptors (Lipinski definition) is 3. The van der Waals surface area contributed by atoms with E-state index in [0.717, 1.165) is 11.3 Å². The molecule has 1 rings (SSSR count). The number of aliphatic hydroxyl groups is 1. The molecule has 0 saturated carbocycles. The lowest BCUT2D eigenvalue weighted by Gasteiger charge is -2.26. The molecule has 3 heteroatoms. The summed E-state index contributed by atoms with van der Waals surface area (Å²) in [6.07, 6.45) is 0.661. The third-order valence-corrected chi connectivity index (χ3v) is 2.75. The summed E-state index contributed by atoms with van der Waals surface area (Å²) in [6, 6.07) is 7.17. The summed E-state index contributed by atoms with van der Waals surface area (Å²) < 4.78 is 5.05. The van der Waals surface area contributed by atoms with E-state index in [1.165, 1.54) is 6.92 Å². The fraction of sp³-hybridized carbons (Fsp3) is 0.462. The van der Waals surface area contributed by atoms with Crippen molar-refractivity contribution in [3.63, 3.8) is 0 Å². The number of rotatable bonds is 5. The summed E-state index contributed by atoms with van der Waals surface area (Å²) in [5.74, 6) is 0.727. The van der Waals surface area contributed by atoms with Crippen LogP contribution < -0.4 is 4.74 Å². The Morgan fingerprint density at radius 1 is 1.38 bits per heavy atom. The van der Waals surface area contributed by atoms with Crippen LogP contribution >= 0.6 is 0 Å². The van der Waals surface area contributed by atoms with E-state index >= 15 is 0 Å². The van der Waals surface area contributed by atoms with Gasteiger partial charge in [-0.2, -0.15) is 0 Å². The molecule has 0 heterocycles. The van der Waals surface area contributed by atoms with Crippen LogP contribution in [0.2, 0.25) is 0 Å². The molecule has 0 unspecified atom stereocenters. The summed E-state index contributed by atoms with van der Waals surface area (Å²) in [6.45, 7) is 3.36. The highest BCUT2D eigenvalue weighted by atomic mass is 16.5. The number of Topliss-reactive ketones (excluding diaryl/α,β-unsaturated/α-hetero) is 1. The summed E-state index contributed by atoms with van der Waals surface area (Å²) in [4.78, 5) is 11.1. The Kier molecular flexibility index (Phi) is 4.07. The number of carbonyl (C=O) groups excluding carboxylic acids is 1. The number of carbonyl (C=O) groups is 1. The molecule has 0 bridgehead atoms. The number of hydrogen-bond donors (Lipinski definition) is 1. The predicted octanol–water partition coefficient (Wildman–Crippen LogP) is 2.27. The molecular formula is C13H18O3. The van der Waals surface area contributed by atoms with Gasteiger partial charge in [-0.1, -0.05) is 19.1 Å². The van der Waals surface area contributed by atoms with E-state index in [1.807, 2.05) is 6.92 Å². The second kappa shape index (κ2) is 5.12. The molecule has 0 aromatic heterocycles. The van der Waals surface area contributed by atoms with E-state index in [4.69, 9.17) is 4.74 Å². The fourth-order valence-electron chi connectivity index (χ4n) is 1.74. The second-order valence-corrected chi connectivity index (χ2v) is 3.99. The Hall–Kier alpha value is -1.35. The molecule has 88 valence electrons. The van der Waals surface area contributed by atoms with Crippen LogP contribution in [0.5, 0.6) is 5.75 Å². The van der Waals surface area contributed by atoms with Gasteiger partial charge in [-0.15, -0.1) is 0 Å². The molecule has 0 aliphatic rings. The van der Waals surface area contributed by atoms with E-state index in [2.05, 4.69) is 0 Å². The highest BCUT2D eigenvalue weighted by Crippen LogP contribution is 2.30. The smallest absolute Gasteiger partial charge is 0.133 e. The monoisotopic (exact) mass is 222 g/mol. The van der Waals surface area contributed by atoms with E-state index in [0.29, 0.717) is 6.42 Å². The number of ketones is 1. The van der Waals surface area contributed by atoms with Gasteiger partial charge in [-0.3, -0.25) is 4.79 Å². The van der Waals surface area contributed by atoms with Crippen molar-refractivity contribution in [3.05, 3.63) is 29.8 Å². The SMILES string of the molecule is CC[C@@](O)(CC(C)=O)c1ccc(OC)cc1. The zero-order valence-corrected chi connectivity index (χ0v) is 9.99. The van der Waals surface area contributed by atoms with Crippen molar-refractivity contribution in [3.8, 4) is 5.75 Å². The van der Waals surface area contributed by atoms with Crippen LogP contribution in [0.4, 0.5) is 0 Å². The molecule has 0 aliphatic heterocycles. The van der Waals surface area contributed by atoms with Gasteiger partial charge in [0.25, 0.3) is 0 Å². The lowest BCUT2D eigenvalue weighted by atomic mass is 9.86. The van der Waals surface area contributed by atoms with Crippen LogP contribution in [0, 0.1) is 0 Å². The van der Waals surface area contributed by atoms with Crippen LogP contribution in [0.15, 0.2) is 24.3 Å². The van der Waals surface area contributed by atoms with Crippen LogP contribution in [0.3, 0.4) is 0 Å². The van der Waals surface area contributed by atoms with Gasteiger partial charge in [0.05, 0.1) is 12.7 Å². The average Bonchev–Trinajstić information content (AvgIpc) is 2.28. The minimum Gasteiger partial charge on any atom is -0.497 e. The highest BCUT2D eigenvalue weighted by molar-refractivity contribution is 5.76. The second-order valence-electron chi connectivity index (χ2n) is 3.99. The van der Waals surface area contributed by atoms with E-state index in [-0.39, 0.29) is 12.2 Å². The minimum absolute atomic E-state index is 0.0137. The molecule has 0 aliphatic carbocycles. The summed E-state index contributed by atoms with van der Waals surface area (Å²) in [5, 5.41) is 10.4.